The Morgan fingerprint density at radius 3 is 2.67 bits per heavy atom. The van der Waals surface area contributed by atoms with Gasteiger partial charge < -0.3 is 4.74 Å². The van der Waals surface area contributed by atoms with Crippen molar-refractivity contribution < 1.29 is 9.53 Å². The van der Waals surface area contributed by atoms with Crippen LogP contribution in [0.2, 0.25) is 0 Å². The number of ether oxygens (including phenoxy) is 1. The van der Waals surface area contributed by atoms with Crippen LogP contribution in [0.3, 0.4) is 0 Å². The van der Waals surface area contributed by atoms with Crippen LogP contribution in [0.25, 0.3) is 0 Å². The first-order valence-corrected chi connectivity index (χ1v) is 5.01. The molecule has 1 aliphatic rings. The standard InChI is InChI=1S/C10H18O2/c1-2-3-8-12-10(11)9-6-4-5-7-9/h9H,2-8H2,1H3. The molecule has 0 aliphatic heterocycles. The Hall–Kier alpha value is -0.530. The average Bonchev–Trinajstić information content (AvgIpc) is 2.56. The maximum Gasteiger partial charge on any atom is 0.308 e. The molecule has 1 saturated carbocycles. The molecule has 12 heavy (non-hydrogen) atoms. The van der Waals surface area contributed by atoms with Crippen LogP contribution in [-0.4, -0.2) is 12.6 Å². The second-order valence-corrected chi connectivity index (χ2v) is 3.50. The molecule has 0 heterocycles. The Kier molecular flexibility index (Phi) is 4.12. The van der Waals surface area contributed by atoms with E-state index in [-0.39, 0.29) is 11.9 Å². The van der Waals surface area contributed by atoms with Crippen LogP contribution in [0.4, 0.5) is 0 Å². The summed E-state index contributed by atoms with van der Waals surface area (Å²) >= 11 is 0. The van der Waals surface area contributed by atoms with Gasteiger partial charge in [-0.2, -0.15) is 0 Å². The molecule has 70 valence electrons. The van der Waals surface area contributed by atoms with E-state index in [9.17, 15) is 4.79 Å². The number of esters is 1. The third-order valence-electron chi connectivity index (χ3n) is 2.43. The van der Waals surface area contributed by atoms with E-state index in [0.717, 1.165) is 25.7 Å². The molecule has 0 atom stereocenters. The van der Waals surface area contributed by atoms with Gasteiger partial charge in [0.1, 0.15) is 0 Å². The third-order valence-corrected chi connectivity index (χ3v) is 2.43. The first-order valence-electron chi connectivity index (χ1n) is 5.01. The van der Waals surface area contributed by atoms with Crippen molar-refractivity contribution in [2.24, 2.45) is 5.92 Å². The summed E-state index contributed by atoms with van der Waals surface area (Å²) in [7, 11) is 0. The smallest absolute Gasteiger partial charge is 0.308 e. The summed E-state index contributed by atoms with van der Waals surface area (Å²) in [5, 5.41) is 0. The summed E-state index contributed by atoms with van der Waals surface area (Å²) in [5.74, 6) is 0.266. The fourth-order valence-electron chi connectivity index (χ4n) is 1.60. The van der Waals surface area contributed by atoms with Crippen molar-refractivity contribution in [1.29, 1.82) is 0 Å². The van der Waals surface area contributed by atoms with Gasteiger partial charge in [-0.25, -0.2) is 0 Å². The zero-order valence-corrected chi connectivity index (χ0v) is 7.84. The van der Waals surface area contributed by atoms with E-state index in [1.165, 1.54) is 12.8 Å². The lowest BCUT2D eigenvalue weighted by Gasteiger charge is -2.08. The molecule has 0 bridgehead atoms. The molecule has 1 rings (SSSR count). The summed E-state index contributed by atoms with van der Waals surface area (Å²) in [6.45, 7) is 2.72. The molecule has 0 saturated heterocycles. The van der Waals surface area contributed by atoms with E-state index in [2.05, 4.69) is 6.92 Å². The van der Waals surface area contributed by atoms with Crippen LogP contribution in [0, 0.1) is 5.92 Å². The fraction of sp³-hybridized carbons (Fsp3) is 0.900. The zero-order chi connectivity index (χ0) is 8.81. The molecule has 0 amide bonds. The highest BCUT2D eigenvalue weighted by molar-refractivity contribution is 5.72. The fourth-order valence-corrected chi connectivity index (χ4v) is 1.60. The summed E-state index contributed by atoms with van der Waals surface area (Å²) < 4.78 is 5.13. The Morgan fingerprint density at radius 1 is 1.42 bits per heavy atom. The molecule has 0 spiro atoms. The Morgan fingerprint density at radius 2 is 2.08 bits per heavy atom. The quantitative estimate of drug-likeness (QED) is 0.478. The first kappa shape index (κ1) is 9.56. The van der Waals surface area contributed by atoms with Crippen molar-refractivity contribution >= 4 is 5.97 Å². The van der Waals surface area contributed by atoms with Crippen molar-refractivity contribution in [1.82, 2.24) is 0 Å². The molecule has 1 fully saturated rings. The van der Waals surface area contributed by atoms with Gasteiger partial charge in [-0.1, -0.05) is 26.2 Å². The van der Waals surface area contributed by atoms with Crippen LogP contribution in [0.5, 0.6) is 0 Å². The molecule has 1 aliphatic carbocycles. The number of hydrogen-bond donors (Lipinski definition) is 0. The summed E-state index contributed by atoms with van der Waals surface area (Å²) in [4.78, 5) is 11.3. The molecular weight excluding hydrogens is 152 g/mol. The second kappa shape index (κ2) is 5.18. The summed E-state index contributed by atoms with van der Waals surface area (Å²) in [6.07, 6.45) is 6.59. The van der Waals surface area contributed by atoms with E-state index in [4.69, 9.17) is 4.74 Å². The van der Waals surface area contributed by atoms with Crippen molar-refractivity contribution in [3.63, 3.8) is 0 Å². The van der Waals surface area contributed by atoms with Crippen molar-refractivity contribution in [3.8, 4) is 0 Å². The molecule has 2 nitrogen and oxygen atoms in total. The minimum Gasteiger partial charge on any atom is -0.465 e. The highest BCUT2D eigenvalue weighted by Crippen LogP contribution is 2.25. The van der Waals surface area contributed by atoms with Crippen molar-refractivity contribution in [3.05, 3.63) is 0 Å². The largest absolute Gasteiger partial charge is 0.465 e. The van der Waals surface area contributed by atoms with Gasteiger partial charge in [-0.15, -0.1) is 0 Å². The molecule has 0 unspecified atom stereocenters. The maximum atomic E-state index is 11.3. The molecule has 0 radical (unpaired) electrons. The van der Waals surface area contributed by atoms with Crippen LogP contribution >= 0.6 is 0 Å². The molecule has 2 heteroatoms. The predicted octanol–water partition coefficient (Wildman–Crippen LogP) is 2.52. The SMILES string of the molecule is CCCCOC(=O)C1CCCC1. The minimum atomic E-state index is 0.0425. The number of unbranched alkanes of at least 4 members (excludes halogenated alkanes) is 1. The Balaban J connectivity index is 2.10. The maximum absolute atomic E-state index is 11.3. The lowest BCUT2D eigenvalue weighted by atomic mass is 10.1. The second-order valence-electron chi connectivity index (χ2n) is 3.50. The van der Waals surface area contributed by atoms with E-state index in [0.29, 0.717) is 6.61 Å². The van der Waals surface area contributed by atoms with Gasteiger partial charge >= 0.3 is 5.97 Å². The van der Waals surface area contributed by atoms with Gasteiger partial charge in [-0.05, 0) is 19.3 Å². The lowest BCUT2D eigenvalue weighted by molar-refractivity contribution is -0.148. The van der Waals surface area contributed by atoms with Gasteiger partial charge in [0.2, 0.25) is 0 Å². The normalized spacial score (nSPS) is 18.1. The van der Waals surface area contributed by atoms with Crippen LogP contribution in [-0.2, 0) is 9.53 Å². The number of carbonyl (C=O) groups is 1. The van der Waals surface area contributed by atoms with Gasteiger partial charge in [-0.3, -0.25) is 4.79 Å². The first-order chi connectivity index (χ1) is 5.84. The Bertz CT molecular complexity index is 137. The molecular formula is C10H18O2. The van der Waals surface area contributed by atoms with Crippen LogP contribution in [0.1, 0.15) is 45.4 Å². The number of hydrogen-bond acceptors (Lipinski definition) is 2. The third kappa shape index (κ3) is 2.84. The average molecular weight is 170 g/mol. The van der Waals surface area contributed by atoms with E-state index >= 15 is 0 Å². The Labute approximate surface area is 74.3 Å². The van der Waals surface area contributed by atoms with Gasteiger partial charge in [0, 0.05) is 0 Å². The monoisotopic (exact) mass is 170 g/mol. The summed E-state index contributed by atoms with van der Waals surface area (Å²) in [5.41, 5.74) is 0. The van der Waals surface area contributed by atoms with E-state index in [1.807, 2.05) is 0 Å². The van der Waals surface area contributed by atoms with E-state index in [1.54, 1.807) is 0 Å². The van der Waals surface area contributed by atoms with Crippen LogP contribution in [0.15, 0.2) is 0 Å². The summed E-state index contributed by atoms with van der Waals surface area (Å²) in [6, 6.07) is 0. The predicted molar refractivity (Wildman–Crippen MR) is 47.8 cm³/mol. The highest BCUT2D eigenvalue weighted by Gasteiger charge is 2.23. The molecule has 0 aromatic rings. The lowest BCUT2D eigenvalue weighted by Crippen LogP contribution is -2.15. The van der Waals surface area contributed by atoms with E-state index < -0.39 is 0 Å². The number of carbonyl (C=O) groups excluding carboxylic acids is 1. The molecule has 0 N–H and O–H groups in total. The topological polar surface area (TPSA) is 26.3 Å². The zero-order valence-electron chi connectivity index (χ0n) is 7.84. The van der Waals surface area contributed by atoms with Gasteiger partial charge in [0.25, 0.3) is 0 Å². The van der Waals surface area contributed by atoms with Crippen LogP contribution < -0.4 is 0 Å². The minimum absolute atomic E-state index is 0.0425. The van der Waals surface area contributed by atoms with Crippen molar-refractivity contribution in [2.45, 2.75) is 45.4 Å². The van der Waals surface area contributed by atoms with Crippen molar-refractivity contribution in [2.75, 3.05) is 6.61 Å². The molecule has 0 aromatic carbocycles. The van der Waals surface area contributed by atoms with Gasteiger partial charge in [0.15, 0.2) is 0 Å². The van der Waals surface area contributed by atoms with Gasteiger partial charge in [0.05, 0.1) is 12.5 Å². The number of rotatable bonds is 4. The molecule has 0 aromatic heterocycles. The highest BCUT2D eigenvalue weighted by atomic mass is 16.5.